The highest BCUT2D eigenvalue weighted by Gasteiger charge is 2.14. The molecule has 2 aromatic carbocycles. The molecule has 3 aromatic rings. The molecule has 32 heavy (non-hydrogen) atoms. The summed E-state index contributed by atoms with van der Waals surface area (Å²) in [5, 5.41) is 3.07. The minimum atomic E-state index is -0.772. The molecule has 0 bridgehead atoms. The van der Waals surface area contributed by atoms with Gasteiger partial charge in [-0.25, -0.2) is 4.79 Å². The lowest BCUT2D eigenvalue weighted by Crippen LogP contribution is -2.28. The number of esters is 1. The van der Waals surface area contributed by atoms with Crippen molar-refractivity contribution in [2.45, 2.75) is 26.2 Å². The van der Waals surface area contributed by atoms with Gasteiger partial charge in [0, 0.05) is 24.4 Å². The molecule has 0 aliphatic rings. The van der Waals surface area contributed by atoms with Gasteiger partial charge >= 0.3 is 11.6 Å². The number of carbonyl (C=O) groups excluding carboxylic acids is 2. The zero-order valence-corrected chi connectivity index (χ0v) is 17.9. The van der Waals surface area contributed by atoms with E-state index in [1.54, 1.807) is 12.1 Å². The number of amides is 1. The van der Waals surface area contributed by atoms with Crippen molar-refractivity contribution in [1.82, 2.24) is 5.32 Å². The number of hydrogen-bond donors (Lipinski definition) is 1. The molecule has 0 aliphatic heterocycles. The summed E-state index contributed by atoms with van der Waals surface area (Å²) < 4.78 is 16.2. The van der Waals surface area contributed by atoms with Crippen molar-refractivity contribution in [1.29, 1.82) is 0 Å². The smallest absolute Gasteiger partial charge is 0.349 e. The third kappa shape index (κ3) is 6.07. The Balaban J connectivity index is 1.54. The molecule has 1 N–H and O–H groups in total. The Kier molecular flexibility index (Phi) is 7.80. The van der Waals surface area contributed by atoms with Crippen LogP contribution in [0.5, 0.6) is 11.5 Å². The summed E-state index contributed by atoms with van der Waals surface area (Å²) in [6.45, 7) is 6.23. The zero-order valence-electron chi connectivity index (χ0n) is 17.9. The summed E-state index contributed by atoms with van der Waals surface area (Å²) in [5.74, 6) is 0.0554. The number of ether oxygens (including phenoxy) is 2. The van der Waals surface area contributed by atoms with E-state index in [2.05, 4.69) is 18.8 Å². The molecule has 166 valence electrons. The Morgan fingerprint density at radius 3 is 2.56 bits per heavy atom. The molecule has 0 saturated heterocycles. The van der Waals surface area contributed by atoms with Gasteiger partial charge < -0.3 is 19.2 Å². The van der Waals surface area contributed by atoms with Crippen molar-refractivity contribution in [3.05, 3.63) is 82.7 Å². The summed E-state index contributed by atoms with van der Waals surface area (Å²) in [7, 11) is 0. The minimum absolute atomic E-state index is 0.103. The van der Waals surface area contributed by atoms with Gasteiger partial charge in [0.05, 0.1) is 6.61 Å². The fraction of sp³-hybridized carbons (Fsp3) is 0.240. The van der Waals surface area contributed by atoms with E-state index < -0.39 is 17.5 Å². The molecule has 0 radical (unpaired) electrons. The molecule has 0 fully saturated rings. The Hall–Kier alpha value is -3.87. The quantitative estimate of drug-likeness (QED) is 0.170. The molecular formula is C25H25NO6. The van der Waals surface area contributed by atoms with Crippen LogP contribution in [0.2, 0.25) is 0 Å². The van der Waals surface area contributed by atoms with E-state index in [1.807, 2.05) is 24.3 Å². The fourth-order valence-electron chi connectivity index (χ4n) is 2.98. The summed E-state index contributed by atoms with van der Waals surface area (Å²) in [6, 6.07) is 13.9. The lowest BCUT2D eigenvalue weighted by Gasteiger charge is -2.08. The number of carbonyl (C=O) groups is 2. The van der Waals surface area contributed by atoms with E-state index in [0.29, 0.717) is 18.4 Å². The number of hydrogen-bond acceptors (Lipinski definition) is 6. The molecular weight excluding hydrogens is 410 g/mol. The first-order valence-corrected chi connectivity index (χ1v) is 10.4. The predicted molar refractivity (Wildman–Crippen MR) is 121 cm³/mol. The molecule has 0 saturated carbocycles. The summed E-state index contributed by atoms with van der Waals surface area (Å²) in [6.07, 6.45) is 3.16. The summed E-state index contributed by atoms with van der Waals surface area (Å²) in [5.41, 5.74) is 0.582. The highest BCUT2D eigenvalue weighted by Crippen LogP contribution is 2.21. The molecule has 0 atom stereocenters. The van der Waals surface area contributed by atoms with E-state index in [0.717, 1.165) is 12.2 Å². The molecule has 7 heteroatoms. The Morgan fingerprint density at radius 1 is 1.09 bits per heavy atom. The molecule has 0 unspecified atom stereocenters. The van der Waals surface area contributed by atoms with Crippen LogP contribution >= 0.6 is 0 Å². The SMILES string of the molecule is C=CCNC(=O)c1cc2ccc(OC(=O)CCCOc3ccc(CC)cc3)cc2oc1=O. The van der Waals surface area contributed by atoms with Crippen molar-refractivity contribution in [3.8, 4) is 11.5 Å². The van der Waals surface area contributed by atoms with E-state index in [9.17, 15) is 14.4 Å². The highest BCUT2D eigenvalue weighted by atomic mass is 16.5. The average molecular weight is 435 g/mol. The lowest BCUT2D eigenvalue weighted by molar-refractivity contribution is -0.134. The minimum Gasteiger partial charge on any atom is -0.494 e. The van der Waals surface area contributed by atoms with Gasteiger partial charge in [0.15, 0.2) is 0 Å². The van der Waals surface area contributed by atoms with Crippen LogP contribution in [-0.4, -0.2) is 25.0 Å². The second-order valence-electron chi connectivity index (χ2n) is 7.07. The number of aryl methyl sites for hydroxylation is 1. The molecule has 1 aromatic heterocycles. The van der Waals surface area contributed by atoms with E-state index in [-0.39, 0.29) is 29.9 Å². The largest absolute Gasteiger partial charge is 0.494 e. The van der Waals surface area contributed by atoms with Crippen LogP contribution in [0.4, 0.5) is 0 Å². The molecule has 7 nitrogen and oxygen atoms in total. The molecule has 1 heterocycles. The van der Waals surface area contributed by atoms with Gasteiger partial charge in [-0.15, -0.1) is 6.58 Å². The van der Waals surface area contributed by atoms with Crippen LogP contribution in [-0.2, 0) is 11.2 Å². The first-order valence-electron chi connectivity index (χ1n) is 10.4. The number of rotatable bonds is 10. The van der Waals surface area contributed by atoms with E-state index >= 15 is 0 Å². The molecule has 3 rings (SSSR count). The van der Waals surface area contributed by atoms with Crippen LogP contribution < -0.4 is 20.4 Å². The van der Waals surface area contributed by atoms with Crippen molar-refractivity contribution in [2.75, 3.05) is 13.2 Å². The van der Waals surface area contributed by atoms with E-state index in [4.69, 9.17) is 13.9 Å². The van der Waals surface area contributed by atoms with Crippen LogP contribution in [0.15, 0.2) is 70.4 Å². The molecule has 0 aliphatic carbocycles. The maximum atomic E-state index is 12.1. The first-order chi connectivity index (χ1) is 15.5. The number of nitrogens with one attached hydrogen (secondary N) is 1. The summed E-state index contributed by atoms with van der Waals surface area (Å²) in [4.78, 5) is 36.3. The predicted octanol–water partition coefficient (Wildman–Crippen LogP) is 4.04. The van der Waals surface area contributed by atoms with Gasteiger partial charge in [0.2, 0.25) is 0 Å². The van der Waals surface area contributed by atoms with E-state index in [1.165, 1.54) is 23.8 Å². The fourth-order valence-corrected chi connectivity index (χ4v) is 2.98. The highest BCUT2D eigenvalue weighted by molar-refractivity contribution is 5.96. The molecule has 0 spiro atoms. The Morgan fingerprint density at radius 2 is 1.84 bits per heavy atom. The van der Waals surface area contributed by atoms with Crippen molar-refractivity contribution in [3.63, 3.8) is 0 Å². The van der Waals surface area contributed by atoms with Crippen molar-refractivity contribution < 1.29 is 23.5 Å². The average Bonchev–Trinajstić information content (AvgIpc) is 2.80. The van der Waals surface area contributed by atoms with Crippen LogP contribution in [0, 0.1) is 0 Å². The summed E-state index contributed by atoms with van der Waals surface area (Å²) >= 11 is 0. The first kappa shape index (κ1) is 22.8. The third-order valence-electron chi connectivity index (χ3n) is 4.72. The van der Waals surface area contributed by atoms with Crippen LogP contribution in [0.25, 0.3) is 11.0 Å². The second kappa shape index (κ2) is 10.9. The number of benzene rings is 2. The van der Waals surface area contributed by atoms with Crippen molar-refractivity contribution >= 4 is 22.8 Å². The molecule has 1 amide bonds. The normalized spacial score (nSPS) is 10.5. The third-order valence-corrected chi connectivity index (χ3v) is 4.72. The van der Waals surface area contributed by atoms with Gasteiger partial charge in [-0.3, -0.25) is 9.59 Å². The number of fused-ring (bicyclic) bond motifs is 1. The maximum absolute atomic E-state index is 12.1. The zero-order chi connectivity index (χ0) is 22.9. The van der Waals surface area contributed by atoms with Gasteiger partial charge in [0.25, 0.3) is 5.91 Å². The Bertz CT molecular complexity index is 1160. The van der Waals surface area contributed by atoms with Gasteiger partial charge in [-0.1, -0.05) is 25.1 Å². The maximum Gasteiger partial charge on any atom is 0.349 e. The lowest BCUT2D eigenvalue weighted by atomic mass is 10.1. The monoisotopic (exact) mass is 435 g/mol. The second-order valence-corrected chi connectivity index (χ2v) is 7.07. The topological polar surface area (TPSA) is 94.8 Å². The van der Waals surface area contributed by atoms with Crippen LogP contribution in [0.3, 0.4) is 0 Å². The Labute approximate surface area is 185 Å². The van der Waals surface area contributed by atoms with Gasteiger partial charge in [-0.05, 0) is 48.7 Å². The van der Waals surface area contributed by atoms with Gasteiger partial charge in [0.1, 0.15) is 22.6 Å². The standard InChI is InChI=1S/C25H25NO6/c1-3-13-26-24(28)21-15-18-9-12-20(16-22(18)32-25(21)29)31-23(27)6-5-14-30-19-10-7-17(4-2)8-11-19/h3,7-12,15-16H,1,4-6,13-14H2,2H3,(H,26,28). The van der Waals surface area contributed by atoms with Gasteiger partial charge in [-0.2, -0.15) is 0 Å². The van der Waals surface area contributed by atoms with Crippen molar-refractivity contribution in [2.24, 2.45) is 0 Å². The van der Waals surface area contributed by atoms with Crippen LogP contribution in [0.1, 0.15) is 35.7 Å².